The van der Waals surface area contributed by atoms with E-state index in [1.54, 1.807) is 0 Å². The lowest BCUT2D eigenvalue weighted by Crippen LogP contribution is -2.43. The van der Waals surface area contributed by atoms with Gasteiger partial charge in [-0.05, 0) is 32.1 Å². The molecule has 0 aromatic heterocycles. The number of aliphatic hydroxyl groups excluding tert-OH is 1. The first-order chi connectivity index (χ1) is 7.50. The predicted octanol–water partition coefficient (Wildman–Crippen LogP) is 3.07. The number of carbonyl (C=O) groups is 1. The van der Waals surface area contributed by atoms with Gasteiger partial charge in [0.2, 0.25) is 0 Å². The summed E-state index contributed by atoms with van der Waals surface area (Å²) in [6.45, 7) is 5.73. The zero-order valence-electron chi connectivity index (χ0n) is 9.97. The minimum atomic E-state index is -0.537. The number of Topliss-reactive ketones (excluding diaryl/α,β-unsaturated/α-hetero) is 1. The number of aliphatic hydroxyl groups is 1. The number of ketones is 1. The molecule has 1 aliphatic rings. The van der Waals surface area contributed by atoms with E-state index in [0.29, 0.717) is 12.3 Å². The van der Waals surface area contributed by atoms with E-state index in [0.717, 1.165) is 37.7 Å². The molecule has 1 N–H and O–H groups in total. The smallest absolute Gasteiger partial charge is 0.141 e. The molecule has 2 nitrogen and oxygen atoms in total. The summed E-state index contributed by atoms with van der Waals surface area (Å²) < 4.78 is 0. The molecule has 0 unspecified atom stereocenters. The first-order valence-electron chi connectivity index (χ1n) is 5.94. The summed E-state index contributed by atoms with van der Waals surface area (Å²) in [5.41, 5.74) is 0.466. The lowest BCUT2D eigenvalue weighted by molar-refractivity contribution is -0.139. The van der Waals surface area contributed by atoms with Crippen molar-refractivity contribution in [1.82, 2.24) is 0 Å². The quantitative estimate of drug-likeness (QED) is 0.596. The molecular weight excluding hydrogens is 224 g/mol. The van der Waals surface area contributed by atoms with Crippen LogP contribution in [0.2, 0.25) is 0 Å². The van der Waals surface area contributed by atoms with E-state index < -0.39 is 11.5 Å². The molecule has 0 heterocycles. The van der Waals surface area contributed by atoms with Crippen LogP contribution >= 0.6 is 11.6 Å². The molecular formula is C13H21ClO2. The summed E-state index contributed by atoms with van der Waals surface area (Å²) in [4.78, 5) is 11.9. The van der Waals surface area contributed by atoms with Crippen molar-refractivity contribution in [2.45, 2.75) is 51.6 Å². The molecule has 0 amide bonds. The third-order valence-corrected chi connectivity index (χ3v) is 4.05. The topological polar surface area (TPSA) is 37.3 Å². The monoisotopic (exact) mass is 244 g/mol. The van der Waals surface area contributed by atoms with Crippen LogP contribution in [0.5, 0.6) is 0 Å². The van der Waals surface area contributed by atoms with E-state index in [1.807, 2.05) is 6.92 Å². The fraction of sp³-hybridized carbons (Fsp3) is 0.769. The Morgan fingerprint density at radius 2 is 2.38 bits per heavy atom. The average Bonchev–Trinajstić information content (AvgIpc) is 2.26. The van der Waals surface area contributed by atoms with Gasteiger partial charge in [-0.25, -0.2) is 0 Å². The first kappa shape index (κ1) is 13.7. The Balaban J connectivity index is 2.48. The van der Waals surface area contributed by atoms with Crippen LogP contribution in [0.15, 0.2) is 12.2 Å². The van der Waals surface area contributed by atoms with Gasteiger partial charge in [0.1, 0.15) is 5.78 Å². The van der Waals surface area contributed by atoms with Gasteiger partial charge in [0.25, 0.3) is 0 Å². The molecule has 1 fully saturated rings. The van der Waals surface area contributed by atoms with Crippen LogP contribution in [0.1, 0.15) is 45.4 Å². The summed E-state index contributed by atoms with van der Waals surface area (Å²) in [7, 11) is 0. The standard InChI is InChI=1S/C13H21ClO2/c1-10(9-14)5-4-8-13(2)11(15)6-3-7-12(13)16/h11,15H,1,3-9H2,2H3/t11-,13-/m1/s1. The van der Waals surface area contributed by atoms with E-state index >= 15 is 0 Å². The van der Waals surface area contributed by atoms with E-state index in [-0.39, 0.29) is 5.78 Å². The molecule has 2 atom stereocenters. The zero-order valence-corrected chi connectivity index (χ0v) is 10.7. The Bertz CT molecular complexity index is 275. The zero-order chi connectivity index (χ0) is 12.2. The molecule has 3 heteroatoms. The Morgan fingerprint density at radius 3 is 2.94 bits per heavy atom. The number of rotatable bonds is 5. The van der Waals surface area contributed by atoms with Crippen molar-refractivity contribution < 1.29 is 9.90 Å². The van der Waals surface area contributed by atoms with Crippen molar-refractivity contribution >= 4 is 17.4 Å². The van der Waals surface area contributed by atoms with Gasteiger partial charge in [-0.3, -0.25) is 4.79 Å². The van der Waals surface area contributed by atoms with Gasteiger partial charge in [0.15, 0.2) is 0 Å². The highest BCUT2D eigenvalue weighted by Crippen LogP contribution is 2.37. The van der Waals surface area contributed by atoms with E-state index in [4.69, 9.17) is 11.6 Å². The van der Waals surface area contributed by atoms with Crippen molar-refractivity contribution in [2.24, 2.45) is 5.41 Å². The third-order valence-electron chi connectivity index (χ3n) is 3.67. The molecule has 0 bridgehead atoms. The summed E-state index contributed by atoms with van der Waals surface area (Å²) in [5, 5.41) is 9.95. The molecule has 0 aliphatic heterocycles. The van der Waals surface area contributed by atoms with Crippen molar-refractivity contribution in [3.8, 4) is 0 Å². The van der Waals surface area contributed by atoms with Gasteiger partial charge < -0.3 is 5.11 Å². The molecule has 0 radical (unpaired) electrons. The molecule has 1 saturated carbocycles. The van der Waals surface area contributed by atoms with Gasteiger partial charge in [0, 0.05) is 12.3 Å². The predicted molar refractivity (Wildman–Crippen MR) is 66.7 cm³/mol. The molecule has 92 valence electrons. The second-order valence-corrected chi connectivity index (χ2v) is 5.25. The largest absolute Gasteiger partial charge is 0.392 e. The van der Waals surface area contributed by atoms with Crippen LogP contribution in [0, 0.1) is 5.41 Å². The molecule has 1 rings (SSSR count). The third kappa shape index (κ3) is 3.08. The SMILES string of the molecule is C=C(CCl)CCC[C@@]1(C)C(=O)CCC[C@H]1O. The second kappa shape index (κ2) is 5.83. The molecule has 0 aromatic carbocycles. The number of allylic oxidation sites excluding steroid dienone is 1. The number of hydrogen-bond donors (Lipinski definition) is 1. The minimum absolute atomic E-state index is 0.211. The number of halogens is 1. The highest BCUT2D eigenvalue weighted by atomic mass is 35.5. The molecule has 0 saturated heterocycles. The lowest BCUT2D eigenvalue weighted by atomic mass is 9.69. The molecule has 16 heavy (non-hydrogen) atoms. The minimum Gasteiger partial charge on any atom is -0.392 e. The lowest BCUT2D eigenvalue weighted by Gasteiger charge is -2.37. The van der Waals surface area contributed by atoms with Crippen LogP contribution in [-0.4, -0.2) is 22.9 Å². The van der Waals surface area contributed by atoms with Gasteiger partial charge in [0.05, 0.1) is 11.5 Å². The maximum atomic E-state index is 11.9. The normalized spacial score (nSPS) is 30.4. The van der Waals surface area contributed by atoms with E-state index in [2.05, 4.69) is 6.58 Å². The summed E-state index contributed by atoms with van der Waals surface area (Å²) in [6.07, 6.45) is 4.18. The van der Waals surface area contributed by atoms with E-state index in [9.17, 15) is 9.90 Å². The highest BCUT2D eigenvalue weighted by molar-refractivity contribution is 6.19. The second-order valence-electron chi connectivity index (χ2n) is 4.99. The van der Waals surface area contributed by atoms with Crippen LogP contribution in [0.3, 0.4) is 0 Å². The summed E-state index contributed by atoms with van der Waals surface area (Å²) in [6, 6.07) is 0. The fourth-order valence-corrected chi connectivity index (χ4v) is 2.46. The summed E-state index contributed by atoms with van der Waals surface area (Å²) >= 11 is 5.65. The van der Waals surface area contributed by atoms with Crippen molar-refractivity contribution in [3.05, 3.63) is 12.2 Å². The van der Waals surface area contributed by atoms with Gasteiger partial charge >= 0.3 is 0 Å². The molecule has 0 aromatic rings. The number of alkyl halides is 1. The highest BCUT2D eigenvalue weighted by Gasteiger charge is 2.41. The maximum absolute atomic E-state index is 11.9. The fourth-order valence-electron chi connectivity index (χ4n) is 2.32. The Hall–Kier alpha value is -0.340. The summed E-state index contributed by atoms with van der Waals surface area (Å²) in [5.74, 6) is 0.690. The van der Waals surface area contributed by atoms with Crippen molar-refractivity contribution in [2.75, 3.05) is 5.88 Å². The van der Waals surface area contributed by atoms with Crippen LogP contribution < -0.4 is 0 Å². The van der Waals surface area contributed by atoms with Crippen LogP contribution in [-0.2, 0) is 4.79 Å². The Kier molecular flexibility index (Phi) is 5.00. The van der Waals surface area contributed by atoms with Crippen molar-refractivity contribution in [1.29, 1.82) is 0 Å². The van der Waals surface area contributed by atoms with Crippen LogP contribution in [0.4, 0.5) is 0 Å². The van der Waals surface area contributed by atoms with Crippen molar-refractivity contribution in [3.63, 3.8) is 0 Å². The average molecular weight is 245 g/mol. The molecule has 1 aliphatic carbocycles. The first-order valence-corrected chi connectivity index (χ1v) is 6.48. The Labute approximate surface area is 103 Å². The van der Waals surface area contributed by atoms with Gasteiger partial charge in [-0.15, -0.1) is 11.6 Å². The number of hydrogen-bond acceptors (Lipinski definition) is 2. The maximum Gasteiger partial charge on any atom is 0.141 e. The van der Waals surface area contributed by atoms with Gasteiger partial charge in [-0.2, -0.15) is 0 Å². The Morgan fingerprint density at radius 1 is 1.69 bits per heavy atom. The van der Waals surface area contributed by atoms with Gasteiger partial charge in [-0.1, -0.05) is 19.1 Å². The number of carbonyl (C=O) groups excluding carboxylic acids is 1. The van der Waals surface area contributed by atoms with Crippen LogP contribution in [0.25, 0.3) is 0 Å². The molecule has 0 spiro atoms. The van der Waals surface area contributed by atoms with E-state index in [1.165, 1.54) is 0 Å².